The second-order valence-corrected chi connectivity index (χ2v) is 7.19. The van der Waals surface area contributed by atoms with E-state index in [0.29, 0.717) is 0 Å². The molecule has 0 aliphatic heterocycles. The van der Waals surface area contributed by atoms with Crippen LogP contribution in [0.4, 0.5) is 0 Å². The molecule has 1 aliphatic carbocycles. The Morgan fingerprint density at radius 1 is 1.22 bits per heavy atom. The van der Waals surface area contributed by atoms with Crippen LogP contribution < -0.4 is 5.73 Å². The average molecular weight is 265 g/mol. The van der Waals surface area contributed by atoms with E-state index in [-0.39, 0.29) is 11.0 Å². The van der Waals surface area contributed by atoms with Gasteiger partial charge in [0, 0.05) is 5.41 Å². The van der Waals surface area contributed by atoms with Crippen molar-refractivity contribution in [2.45, 2.75) is 57.4 Å². The lowest BCUT2D eigenvalue weighted by atomic mass is 9.96. The molecule has 5 nitrogen and oxygen atoms in total. The van der Waals surface area contributed by atoms with Crippen LogP contribution in [0, 0.1) is 0 Å². The smallest absolute Gasteiger partial charge is 0.234 e. The van der Waals surface area contributed by atoms with Gasteiger partial charge in [-0.25, -0.2) is 0 Å². The van der Waals surface area contributed by atoms with Crippen LogP contribution in [0.5, 0.6) is 0 Å². The van der Waals surface area contributed by atoms with Crippen LogP contribution >= 0.6 is 11.3 Å². The highest BCUT2D eigenvalue weighted by atomic mass is 32.1. The summed E-state index contributed by atoms with van der Waals surface area (Å²) in [7, 11) is 0. The lowest BCUT2D eigenvalue weighted by molar-refractivity contribution is 0.448. The van der Waals surface area contributed by atoms with Gasteiger partial charge in [-0.1, -0.05) is 44.9 Å². The third kappa shape index (κ3) is 1.75. The van der Waals surface area contributed by atoms with Crippen LogP contribution in [0.2, 0.25) is 0 Å². The number of nitrogens with zero attached hydrogens (tertiary/aromatic N) is 4. The average Bonchev–Trinajstić information content (AvgIpc) is 2.87. The third-order valence-corrected chi connectivity index (χ3v) is 4.70. The molecule has 0 atom stereocenters. The molecule has 6 heteroatoms. The van der Waals surface area contributed by atoms with Crippen molar-refractivity contribution in [3.05, 3.63) is 10.8 Å². The fourth-order valence-corrected chi connectivity index (χ4v) is 3.50. The molecule has 0 bridgehead atoms. The van der Waals surface area contributed by atoms with Gasteiger partial charge in [-0.15, -0.1) is 10.2 Å². The number of fused-ring (bicyclic) bond motifs is 1. The van der Waals surface area contributed by atoms with Gasteiger partial charge in [-0.2, -0.15) is 9.61 Å². The van der Waals surface area contributed by atoms with E-state index in [4.69, 9.17) is 5.73 Å². The molecule has 3 rings (SSSR count). The fourth-order valence-electron chi connectivity index (χ4n) is 2.51. The molecule has 1 saturated carbocycles. The van der Waals surface area contributed by atoms with Crippen molar-refractivity contribution in [2.75, 3.05) is 0 Å². The summed E-state index contributed by atoms with van der Waals surface area (Å²) in [6, 6.07) is 0. The lowest BCUT2D eigenvalue weighted by Gasteiger charge is -2.19. The van der Waals surface area contributed by atoms with E-state index in [1.165, 1.54) is 12.8 Å². The molecule has 2 aromatic heterocycles. The maximum absolute atomic E-state index is 6.45. The molecular weight excluding hydrogens is 246 g/mol. The SMILES string of the molecule is CC(C)(C)c1nnc2sc(C3(N)CCCC3)nn12. The fraction of sp³-hybridized carbons (Fsp3) is 0.750. The topological polar surface area (TPSA) is 69.1 Å². The van der Waals surface area contributed by atoms with Crippen LogP contribution in [0.3, 0.4) is 0 Å². The Hall–Kier alpha value is -1.01. The molecule has 1 aliphatic rings. The van der Waals surface area contributed by atoms with Gasteiger partial charge in [0.25, 0.3) is 0 Å². The number of hydrogen-bond donors (Lipinski definition) is 1. The first-order chi connectivity index (χ1) is 8.40. The third-order valence-electron chi connectivity index (χ3n) is 3.58. The number of hydrogen-bond acceptors (Lipinski definition) is 5. The van der Waals surface area contributed by atoms with E-state index in [1.54, 1.807) is 11.3 Å². The predicted octanol–water partition coefficient (Wildman–Crippen LogP) is 2.21. The Morgan fingerprint density at radius 3 is 2.50 bits per heavy atom. The van der Waals surface area contributed by atoms with Crippen LogP contribution in [0.1, 0.15) is 57.3 Å². The molecule has 18 heavy (non-hydrogen) atoms. The van der Waals surface area contributed by atoms with E-state index in [2.05, 4.69) is 36.1 Å². The molecule has 0 aromatic carbocycles. The molecule has 2 aromatic rings. The van der Waals surface area contributed by atoms with Gasteiger partial charge in [0.05, 0.1) is 5.54 Å². The molecular formula is C12H19N5S. The minimum atomic E-state index is -0.236. The molecule has 2 heterocycles. The predicted molar refractivity (Wildman–Crippen MR) is 71.7 cm³/mol. The van der Waals surface area contributed by atoms with Gasteiger partial charge < -0.3 is 5.73 Å². The van der Waals surface area contributed by atoms with Gasteiger partial charge >= 0.3 is 0 Å². The van der Waals surface area contributed by atoms with Crippen molar-refractivity contribution in [2.24, 2.45) is 5.73 Å². The van der Waals surface area contributed by atoms with Gasteiger partial charge in [0.15, 0.2) is 5.82 Å². The van der Waals surface area contributed by atoms with Crippen LogP contribution in [0.15, 0.2) is 0 Å². The van der Waals surface area contributed by atoms with E-state index < -0.39 is 0 Å². The van der Waals surface area contributed by atoms with Crippen molar-refractivity contribution in [1.82, 2.24) is 19.8 Å². The van der Waals surface area contributed by atoms with Gasteiger partial charge in [0.2, 0.25) is 4.96 Å². The summed E-state index contributed by atoms with van der Waals surface area (Å²) in [6.07, 6.45) is 4.45. The van der Waals surface area contributed by atoms with Crippen molar-refractivity contribution >= 4 is 16.3 Å². The molecule has 0 unspecified atom stereocenters. The zero-order valence-corrected chi connectivity index (χ0v) is 11.9. The molecule has 0 saturated heterocycles. The molecule has 98 valence electrons. The number of nitrogens with two attached hydrogens (primary N) is 1. The zero-order valence-electron chi connectivity index (χ0n) is 11.1. The molecule has 1 fully saturated rings. The normalized spacial score (nSPS) is 19.8. The van der Waals surface area contributed by atoms with Gasteiger partial charge in [0.1, 0.15) is 5.01 Å². The number of aromatic nitrogens is 4. The largest absolute Gasteiger partial charge is 0.319 e. The second-order valence-electron chi connectivity index (χ2n) is 6.24. The quantitative estimate of drug-likeness (QED) is 0.858. The van der Waals surface area contributed by atoms with E-state index in [1.807, 2.05) is 4.52 Å². The highest BCUT2D eigenvalue weighted by Gasteiger charge is 2.36. The Kier molecular flexibility index (Phi) is 2.50. The van der Waals surface area contributed by atoms with Crippen molar-refractivity contribution in [3.8, 4) is 0 Å². The Morgan fingerprint density at radius 2 is 1.89 bits per heavy atom. The Balaban J connectivity index is 2.09. The molecule has 0 radical (unpaired) electrons. The first kappa shape index (κ1) is 12.0. The molecule has 2 N–H and O–H groups in total. The summed E-state index contributed by atoms with van der Waals surface area (Å²) in [5.41, 5.74) is 6.16. The summed E-state index contributed by atoms with van der Waals surface area (Å²) in [5, 5.41) is 14.1. The van der Waals surface area contributed by atoms with Gasteiger partial charge in [-0.05, 0) is 12.8 Å². The van der Waals surface area contributed by atoms with E-state index in [0.717, 1.165) is 28.6 Å². The summed E-state index contributed by atoms with van der Waals surface area (Å²) in [6.45, 7) is 6.36. The first-order valence-corrected chi connectivity index (χ1v) is 7.24. The maximum Gasteiger partial charge on any atom is 0.234 e. The highest BCUT2D eigenvalue weighted by Crippen LogP contribution is 2.38. The maximum atomic E-state index is 6.45. The van der Waals surface area contributed by atoms with Crippen molar-refractivity contribution in [1.29, 1.82) is 0 Å². The second kappa shape index (κ2) is 3.74. The summed E-state index contributed by atoms with van der Waals surface area (Å²) < 4.78 is 1.87. The first-order valence-electron chi connectivity index (χ1n) is 6.42. The van der Waals surface area contributed by atoms with Crippen LogP contribution in [-0.4, -0.2) is 19.8 Å². The molecule has 0 spiro atoms. The standard InChI is InChI=1S/C12H19N5S/c1-11(2,3)8-14-15-10-17(8)16-9(18-10)12(13)6-4-5-7-12/h4-7,13H2,1-3H3. The highest BCUT2D eigenvalue weighted by molar-refractivity contribution is 7.16. The minimum absolute atomic E-state index is 0.0534. The summed E-state index contributed by atoms with van der Waals surface area (Å²) >= 11 is 1.58. The van der Waals surface area contributed by atoms with Crippen molar-refractivity contribution < 1.29 is 0 Å². The van der Waals surface area contributed by atoms with Crippen LogP contribution in [0.25, 0.3) is 4.96 Å². The van der Waals surface area contributed by atoms with Crippen LogP contribution in [-0.2, 0) is 11.0 Å². The Labute approximate surface area is 110 Å². The summed E-state index contributed by atoms with van der Waals surface area (Å²) in [5.74, 6) is 0.904. The Bertz CT molecular complexity index is 571. The van der Waals surface area contributed by atoms with E-state index >= 15 is 0 Å². The van der Waals surface area contributed by atoms with Gasteiger partial charge in [-0.3, -0.25) is 0 Å². The minimum Gasteiger partial charge on any atom is -0.319 e. The molecule has 0 amide bonds. The monoisotopic (exact) mass is 265 g/mol. The lowest BCUT2D eigenvalue weighted by Crippen LogP contribution is -2.33. The van der Waals surface area contributed by atoms with E-state index in [9.17, 15) is 0 Å². The van der Waals surface area contributed by atoms with Crippen molar-refractivity contribution in [3.63, 3.8) is 0 Å². The summed E-state index contributed by atoms with van der Waals surface area (Å²) in [4.78, 5) is 0.853. The number of rotatable bonds is 1. The zero-order chi connectivity index (χ0) is 13.0.